The molecule has 0 unspecified atom stereocenters. The van der Waals surface area contributed by atoms with Gasteiger partial charge in [0.15, 0.2) is 8.32 Å². The van der Waals surface area contributed by atoms with E-state index in [1.54, 1.807) is 0 Å². The summed E-state index contributed by atoms with van der Waals surface area (Å²) in [7, 11) is -1.63. The third-order valence-corrected chi connectivity index (χ3v) is 8.43. The standard InChI is InChI=1S/C14H24ClNOSi/c1-14(2,3)18(4,5)17-11-10-16-13-9-7-6-8-12(13)15/h6-9,16H,10-11H2,1-5H3. The molecule has 0 atom stereocenters. The van der Waals surface area contributed by atoms with Gasteiger partial charge in [0.1, 0.15) is 0 Å². The third-order valence-electron chi connectivity index (χ3n) is 3.56. The van der Waals surface area contributed by atoms with Crippen LogP contribution in [0.15, 0.2) is 24.3 Å². The lowest BCUT2D eigenvalue weighted by Gasteiger charge is -2.36. The van der Waals surface area contributed by atoms with Gasteiger partial charge in [0.2, 0.25) is 0 Å². The maximum absolute atomic E-state index is 6.09. The summed E-state index contributed by atoms with van der Waals surface area (Å²) in [6.45, 7) is 12.8. The van der Waals surface area contributed by atoms with Crippen LogP contribution in [0.5, 0.6) is 0 Å². The highest BCUT2D eigenvalue weighted by Crippen LogP contribution is 2.36. The molecular weight excluding hydrogens is 262 g/mol. The Morgan fingerprint density at radius 2 is 1.83 bits per heavy atom. The van der Waals surface area contributed by atoms with Crippen molar-refractivity contribution in [1.82, 2.24) is 0 Å². The first kappa shape index (κ1) is 15.5. The molecule has 0 fully saturated rings. The average Bonchev–Trinajstić information content (AvgIpc) is 2.25. The Morgan fingerprint density at radius 1 is 1.22 bits per heavy atom. The van der Waals surface area contributed by atoms with Gasteiger partial charge < -0.3 is 9.74 Å². The second-order valence-corrected chi connectivity index (χ2v) is 11.2. The van der Waals surface area contributed by atoms with Crippen LogP contribution < -0.4 is 5.32 Å². The van der Waals surface area contributed by atoms with Gasteiger partial charge in [-0.25, -0.2) is 0 Å². The minimum Gasteiger partial charge on any atom is -0.415 e. The Hall–Kier alpha value is -0.513. The zero-order chi connectivity index (χ0) is 13.8. The van der Waals surface area contributed by atoms with Gasteiger partial charge in [-0.05, 0) is 30.3 Å². The molecule has 0 aromatic heterocycles. The van der Waals surface area contributed by atoms with Crippen LogP contribution in [-0.4, -0.2) is 21.5 Å². The molecule has 1 N–H and O–H groups in total. The quantitative estimate of drug-likeness (QED) is 0.621. The van der Waals surface area contributed by atoms with Crippen LogP contribution >= 0.6 is 11.6 Å². The van der Waals surface area contributed by atoms with Crippen molar-refractivity contribution in [2.24, 2.45) is 0 Å². The van der Waals surface area contributed by atoms with Crippen molar-refractivity contribution < 1.29 is 4.43 Å². The first-order chi connectivity index (χ1) is 8.24. The number of benzene rings is 1. The van der Waals surface area contributed by atoms with Crippen molar-refractivity contribution in [3.05, 3.63) is 29.3 Å². The van der Waals surface area contributed by atoms with E-state index in [-0.39, 0.29) is 5.04 Å². The number of nitrogens with one attached hydrogen (secondary N) is 1. The molecular formula is C14H24ClNOSi. The van der Waals surface area contributed by atoms with Crippen LogP contribution in [0.3, 0.4) is 0 Å². The fourth-order valence-corrected chi connectivity index (χ4v) is 2.56. The van der Waals surface area contributed by atoms with E-state index in [4.69, 9.17) is 16.0 Å². The minimum atomic E-state index is -1.63. The van der Waals surface area contributed by atoms with Crippen LogP contribution in [0, 0.1) is 0 Å². The van der Waals surface area contributed by atoms with Gasteiger partial charge >= 0.3 is 0 Å². The van der Waals surface area contributed by atoms with Crippen molar-refractivity contribution in [2.75, 3.05) is 18.5 Å². The highest BCUT2D eigenvalue weighted by molar-refractivity contribution is 6.74. The van der Waals surface area contributed by atoms with Crippen LogP contribution in [0.2, 0.25) is 23.2 Å². The number of anilines is 1. The van der Waals surface area contributed by atoms with Crippen molar-refractivity contribution >= 4 is 25.6 Å². The third kappa shape index (κ3) is 4.30. The fraction of sp³-hybridized carbons (Fsp3) is 0.571. The smallest absolute Gasteiger partial charge is 0.192 e. The Morgan fingerprint density at radius 3 is 2.39 bits per heavy atom. The molecule has 0 heterocycles. The van der Waals surface area contributed by atoms with E-state index in [9.17, 15) is 0 Å². The molecule has 0 aliphatic heterocycles. The summed E-state index contributed by atoms with van der Waals surface area (Å²) in [5.41, 5.74) is 0.970. The largest absolute Gasteiger partial charge is 0.415 e. The summed E-state index contributed by atoms with van der Waals surface area (Å²) < 4.78 is 6.09. The second-order valence-electron chi connectivity index (χ2n) is 6.02. The topological polar surface area (TPSA) is 21.3 Å². The Balaban J connectivity index is 2.38. The fourth-order valence-electron chi connectivity index (χ4n) is 1.31. The number of hydrogen-bond donors (Lipinski definition) is 1. The summed E-state index contributed by atoms with van der Waals surface area (Å²) in [6.07, 6.45) is 0. The summed E-state index contributed by atoms with van der Waals surface area (Å²) in [5, 5.41) is 4.32. The normalized spacial score (nSPS) is 12.6. The van der Waals surface area contributed by atoms with Crippen LogP contribution in [-0.2, 0) is 4.43 Å². The molecule has 18 heavy (non-hydrogen) atoms. The zero-order valence-corrected chi connectivity index (χ0v) is 13.8. The van der Waals surface area contributed by atoms with E-state index in [0.717, 1.165) is 23.9 Å². The molecule has 102 valence electrons. The first-order valence-corrected chi connectivity index (χ1v) is 9.65. The molecule has 0 bridgehead atoms. The number of halogens is 1. The van der Waals surface area contributed by atoms with E-state index in [1.165, 1.54) is 0 Å². The molecule has 2 nitrogen and oxygen atoms in total. The molecule has 0 aliphatic carbocycles. The summed E-state index contributed by atoms with van der Waals surface area (Å²) in [4.78, 5) is 0. The lowest BCUT2D eigenvalue weighted by molar-refractivity contribution is 0.301. The molecule has 1 aromatic rings. The lowest BCUT2D eigenvalue weighted by Crippen LogP contribution is -2.41. The van der Waals surface area contributed by atoms with Gasteiger partial charge in [-0.15, -0.1) is 0 Å². The average molecular weight is 286 g/mol. The molecule has 0 saturated carbocycles. The SMILES string of the molecule is CC(C)(C)[Si](C)(C)OCCNc1ccccc1Cl. The predicted octanol–water partition coefficient (Wildman–Crippen LogP) is 4.77. The Kier molecular flexibility index (Phi) is 5.26. The van der Waals surface area contributed by atoms with Crippen molar-refractivity contribution in [3.63, 3.8) is 0 Å². The second kappa shape index (κ2) is 6.09. The van der Waals surface area contributed by atoms with Gasteiger partial charge in [-0.2, -0.15) is 0 Å². The molecule has 1 aromatic carbocycles. The highest BCUT2D eigenvalue weighted by atomic mass is 35.5. The van der Waals surface area contributed by atoms with Gasteiger partial charge in [0, 0.05) is 6.54 Å². The van der Waals surface area contributed by atoms with Gasteiger partial charge in [-0.3, -0.25) is 0 Å². The number of hydrogen-bond acceptors (Lipinski definition) is 2. The van der Waals surface area contributed by atoms with Crippen LogP contribution in [0.4, 0.5) is 5.69 Å². The van der Waals surface area contributed by atoms with Crippen LogP contribution in [0.1, 0.15) is 20.8 Å². The van der Waals surface area contributed by atoms with Gasteiger partial charge in [0.25, 0.3) is 0 Å². The zero-order valence-electron chi connectivity index (χ0n) is 12.0. The van der Waals surface area contributed by atoms with Crippen molar-refractivity contribution in [3.8, 4) is 0 Å². The minimum absolute atomic E-state index is 0.261. The molecule has 0 radical (unpaired) electrons. The van der Waals surface area contributed by atoms with E-state index in [0.29, 0.717) is 0 Å². The monoisotopic (exact) mass is 285 g/mol. The molecule has 0 amide bonds. The lowest BCUT2D eigenvalue weighted by atomic mass is 10.2. The van der Waals surface area contributed by atoms with E-state index < -0.39 is 8.32 Å². The summed E-state index contributed by atoms with van der Waals surface area (Å²) in [6, 6.07) is 7.77. The van der Waals surface area contributed by atoms with Crippen molar-refractivity contribution in [2.45, 2.75) is 38.9 Å². The molecule has 0 aliphatic rings. The van der Waals surface area contributed by atoms with Crippen LogP contribution in [0.25, 0.3) is 0 Å². The first-order valence-electron chi connectivity index (χ1n) is 6.36. The van der Waals surface area contributed by atoms with Gasteiger partial charge in [0.05, 0.1) is 17.3 Å². The predicted molar refractivity (Wildman–Crippen MR) is 83.1 cm³/mol. The van der Waals surface area contributed by atoms with E-state index in [2.05, 4.69) is 39.2 Å². The molecule has 0 spiro atoms. The number of rotatable bonds is 5. The molecule has 4 heteroatoms. The highest BCUT2D eigenvalue weighted by Gasteiger charge is 2.36. The van der Waals surface area contributed by atoms with Gasteiger partial charge in [-0.1, -0.05) is 44.5 Å². The van der Waals surface area contributed by atoms with E-state index in [1.807, 2.05) is 24.3 Å². The Bertz CT molecular complexity index is 388. The van der Waals surface area contributed by atoms with E-state index >= 15 is 0 Å². The Labute approximate surface area is 117 Å². The van der Waals surface area contributed by atoms with Crippen molar-refractivity contribution in [1.29, 1.82) is 0 Å². The molecule has 0 saturated heterocycles. The maximum Gasteiger partial charge on any atom is 0.192 e. The summed E-state index contributed by atoms with van der Waals surface area (Å²) >= 11 is 6.07. The number of para-hydroxylation sites is 1. The summed E-state index contributed by atoms with van der Waals surface area (Å²) in [5.74, 6) is 0. The molecule has 1 rings (SSSR count). The maximum atomic E-state index is 6.09.